The molecule has 0 bridgehead atoms. The van der Waals surface area contributed by atoms with Gasteiger partial charge >= 0.3 is 0 Å². The molecular formula is C24H27F2NO3. The summed E-state index contributed by atoms with van der Waals surface area (Å²) in [5.74, 6) is -1.66. The number of halogens is 2. The largest absolute Gasteiger partial charge is 0.381 e. The molecule has 160 valence electrons. The van der Waals surface area contributed by atoms with Gasteiger partial charge in [-0.05, 0) is 60.9 Å². The van der Waals surface area contributed by atoms with E-state index in [0.29, 0.717) is 44.6 Å². The normalized spacial score (nSPS) is 20.8. The Bertz CT molecular complexity index is 873. The maximum Gasteiger partial charge on any atom is 0.226 e. The van der Waals surface area contributed by atoms with Gasteiger partial charge in [-0.15, -0.1) is 0 Å². The van der Waals surface area contributed by atoms with Crippen molar-refractivity contribution in [2.75, 3.05) is 26.4 Å². The van der Waals surface area contributed by atoms with Crippen LogP contribution in [-0.2, 0) is 20.7 Å². The van der Waals surface area contributed by atoms with Gasteiger partial charge in [-0.2, -0.15) is 0 Å². The summed E-state index contributed by atoms with van der Waals surface area (Å²) in [7, 11) is 0. The minimum absolute atomic E-state index is 0.0611. The van der Waals surface area contributed by atoms with Gasteiger partial charge < -0.3 is 14.8 Å². The molecule has 2 aliphatic rings. The summed E-state index contributed by atoms with van der Waals surface area (Å²) in [6.45, 7) is 2.46. The summed E-state index contributed by atoms with van der Waals surface area (Å²) in [4.78, 5) is 13.1. The molecule has 1 N–H and O–H groups in total. The van der Waals surface area contributed by atoms with Crippen LogP contribution in [0.2, 0.25) is 0 Å². The monoisotopic (exact) mass is 415 g/mol. The smallest absolute Gasteiger partial charge is 0.226 e. The van der Waals surface area contributed by atoms with Crippen molar-refractivity contribution in [3.63, 3.8) is 0 Å². The highest BCUT2D eigenvalue weighted by Gasteiger charge is 2.40. The van der Waals surface area contributed by atoms with Crippen molar-refractivity contribution >= 4 is 5.91 Å². The Labute approximate surface area is 175 Å². The number of hydrogen-bond acceptors (Lipinski definition) is 3. The van der Waals surface area contributed by atoms with Gasteiger partial charge in [0, 0.05) is 26.4 Å². The van der Waals surface area contributed by atoms with E-state index < -0.39 is 17.0 Å². The molecular weight excluding hydrogens is 388 g/mol. The van der Waals surface area contributed by atoms with Crippen LogP contribution < -0.4 is 5.32 Å². The summed E-state index contributed by atoms with van der Waals surface area (Å²) in [5, 5.41) is 3.11. The minimum atomic E-state index is -0.861. The summed E-state index contributed by atoms with van der Waals surface area (Å²) < 4.78 is 37.9. The molecule has 30 heavy (non-hydrogen) atoms. The Balaban J connectivity index is 1.47. The first-order valence-corrected chi connectivity index (χ1v) is 10.6. The van der Waals surface area contributed by atoms with Gasteiger partial charge in [-0.3, -0.25) is 4.79 Å². The molecule has 0 aromatic heterocycles. The van der Waals surface area contributed by atoms with E-state index >= 15 is 0 Å². The Kier molecular flexibility index (Phi) is 6.44. The van der Waals surface area contributed by atoms with Gasteiger partial charge in [0.2, 0.25) is 5.91 Å². The SMILES string of the molecule is O=C(NCC1CCCO1)C1(Cc2ccc(-c3ccc(F)c(F)c3)cc2)CCOCC1. The molecule has 4 nitrogen and oxygen atoms in total. The third-order valence-electron chi connectivity index (χ3n) is 6.20. The molecule has 2 fully saturated rings. The van der Waals surface area contributed by atoms with Gasteiger partial charge in [0.25, 0.3) is 0 Å². The standard InChI is InChI=1S/C24H27F2NO3/c25-21-8-7-19(14-22(21)26)18-5-3-17(4-6-18)15-24(9-12-29-13-10-24)23(28)27-16-20-2-1-11-30-20/h3-8,14,20H,1-2,9-13,15-16H2,(H,27,28). The average molecular weight is 415 g/mol. The van der Waals surface area contributed by atoms with Crippen LogP contribution in [0, 0.1) is 17.0 Å². The highest BCUT2D eigenvalue weighted by atomic mass is 19.2. The van der Waals surface area contributed by atoms with Gasteiger partial charge in [0.1, 0.15) is 0 Å². The van der Waals surface area contributed by atoms with Crippen LogP contribution >= 0.6 is 0 Å². The van der Waals surface area contributed by atoms with Gasteiger partial charge in [-0.25, -0.2) is 8.78 Å². The third-order valence-corrected chi connectivity index (χ3v) is 6.20. The van der Waals surface area contributed by atoms with Gasteiger partial charge in [-0.1, -0.05) is 30.3 Å². The topological polar surface area (TPSA) is 47.6 Å². The van der Waals surface area contributed by atoms with E-state index in [1.807, 2.05) is 24.3 Å². The Morgan fingerprint density at radius 2 is 1.73 bits per heavy atom. The minimum Gasteiger partial charge on any atom is -0.381 e. The molecule has 0 radical (unpaired) electrons. The molecule has 2 aliphatic heterocycles. The van der Waals surface area contributed by atoms with Crippen LogP contribution in [0.1, 0.15) is 31.2 Å². The first kappa shape index (κ1) is 20.9. The predicted molar refractivity (Wildman–Crippen MR) is 110 cm³/mol. The summed E-state index contributed by atoms with van der Waals surface area (Å²) in [6.07, 6.45) is 4.11. The van der Waals surface area contributed by atoms with Crippen molar-refractivity contribution in [3.8, 4) is 11.1 Å². The van der Waals surface area contributed by atoms with E-state index in [4.69, 9.17) is 9.47 Å². The lowest BCUT2D eigenvalue weighted by molar-refractivity contribution is -0.137. The Morgan fingerprint density at radius 1 is 1.00 bits per heavy atom. The molecule has 1 atom stereocenters. The zero-order chi connectivity index (χ0) is 21.0. The van der Waals surface area contributed by atoms with Crippen molar-refractivity contribution in [1.29, 1.82) is 0 Å². The van der Waals surface area contributed by atoms with Gasteiger partial charge in [0.05, 0.1) is 11.5 Å². The van der Waals surface area contributed by atoms with E-state index in [0.717, 1.165) is 36.6 Å². The number of amides is 1. The number of rotatable bonds is 6. The van der Waals surface area contributed by atoms with E-state index in [-0.39, 0.29) is 12.0 Å². The molecule has 0 saturated carbocycles. The van der Waals surface area contributed by atoms with E-state index in [2.05, 4.69) is 5.32 Å². The summed E-state index contributed by atoms with van der Waals surface area (Å²) in [6, 6.07) is 11.6. The van der Waals surface area contributed by atoms with Crippen LogP contribution in [0.25, 0.3) is 11.1 Å². The average Bonchev–Trinajstić information content (AvgIpc) is 3.29. The number of carbonyl (C=O) groups is 1. The third kappa shape index (κ3) is 4.71. The zero-order valence-electron chi connectivity index (χ0n) is 17.0. The lowest BCUT2D eigenvalue weighted by atomic mass is 9.74. The van der Waals surface area contributed by atoms with Crippen LogP contribution in [0.3, 0.4) is 0 Å². The highest BCUT2D eigenvalue weighted by molar-refractivity contribution is 5.83. The molecule has 2 saturated heterocycles. The lowest BCUT2D eigenvalue weighted by Gasteiger charge is -2.36. The summed E-state index contributed by atoms with van der Waals surface area (Å²) >= 11 is 0. The Morgan fingerprint density at radius 3 is 2.40 bits per heavy atom. The number of carbonyl (C=O) groups excluding carboxylic acids is 1. The van der Waals surface area contributed by atoms with Crippen LogP contribution in [0.4, 0.5) is 8.78 Å². The van der Waals surface area contributed by atoms with E-state index in [1.165, 1.54) is 6.07 Å². The number of hydrogen-bond donors (Lipinski definition) is 1. The van der Waals surface area contributed by atoms with E-state index in [1.54, 1.807) is 6.07 Å². The second kappa shape index (κ2) is 9.23. The molecule has 1 amide bonds. The molecule has 2 aromatic carbocycles. The molecule has 0 spiro atoms. The fourth-order valence-corrected chi connectivity index (χ4v) is 4.33. The first-order valence-electron chi connectivity index (χ1n) is 10.6. The zero-order valence-corrected chi connectivity index (χ0v) is 17.0. The maximum atomic E-state index is 13.5. The number of benzene rings is 2. The predicted octanol–water partition coefficient (Wildman–Crippen LogP) is 4.27. The van der Waals surface area contributed by atoms with Crippen LogP contribution in [-0.4, -0.2) is 38.4 Å². The van der Waals surface area contributed by atoms with Crippen molar-refractivity contribution in [1.82, 2.24) is 5.32 Å². The molecule has 6 heteroatoms. The van der Waals surface area contributed by atoms with Crippen molar-refractivity contribution < 1.29 is 23.0 Å². The quantitative estimate of drug-likeness (QED) is 0.767. The maximum absolute atomic E-state index is 13.5. The Hall–Kier alpha value is -2.31. The summed E-state index contributed by atoms with van der Waals surface area (Å²) in [5.41, 5.74) is 1.97. The molecule has 2 heterocycles. The number of nitrogens with one attached hydrogen (secondary N) is 1. The molecule has 1 unspecified atom stereocenters. The molecule has 0 aliphatic carbocycles. The van der Waals surface area contributed by atoms with Gasteiger partial charge in [0.15, 0.2) is 11.6 Å². The van der Waals surface area contributed by atoms with E-state index in [9.17, 15) is 13.6 Å². The van der Waals surface area contributed by atoms with Crippen molar-refractivity contribution in [2.45, 2.75) is 38.2 Å². The van der Waals surface area contributed by atoms with Crippen molar-refractivity contribution in [2.24, 2.45) is 5.41 Å². The second-order valence-electron chi connectivity index (χ2n) is 8.24. The molecule has 4 rings (SSSR count). The van der Waals surface area contributed by atoms with Crippen LogP contribution in [0.15, 0.2) is 42.5 Å². The highest BCUT2D eigenvalue weighted by Crippen LogP contribution is 2.35. The fourth-order valence-electron chi connectivity index (χ4n) is 4.33. The number of ether oxygens (including phenoxy) is 2. The van der Waals surface area contributed by atoms with Crippen molar-refractivity contribution in [3.05, 3.63) is 59.7 Å². The second-order valence-corrected chi connectivity index (χ2v) is 8.24. The fraction of sp³-hybridized carbons (Fsp3) is 0.458. The lowest BCUT2D eigenvalue weighted by Crippen LogP contribution is -2.47. The first-order chi connectivity index (χ1) is 14.6. The van der Waals surface area contributed by atoms with Crippen LogP contribution in [0.5, 0.6) is 0 Å². The molecule has 2 aromatic rings.